The largest absolute Gasteiger partial charge is 0.492 e. The first kappa shape index (κ1) is 16.7. The number of hydrogen-bond acceptors (Lipinski definition) is 5. The summed E-state index contributed by atoms with van der Waals surface area (Å²) in [6, 6.07) is 15.5. The molecule has 0 spiro atoms. The van der Waals surface area contributed by atoms with Crippen LogP contribution in [-0.2, 0) is 7.05 Å². The summed E-state index contributed by atoms with van der Waals surface area (Å²) in [4.78, 5) is 12.5. The summed E-state index contributed by atoms with van der Waals surface area (Å²) >= 11 is 1.56. The molecule has 0 unspecified atom stereocenters. The Hall–Kier alpha value is -2.80. The molecule has 6 nitrogen and oxygen atoms in total. The van der Waals surface area contributed by atoms with Gasteiger partial charge in [0, 0.05) is 12.8 Å². The second-order valence-corrected chi connectivity index (χ2v) is 7.02. The lowest BCUT2D eigenvalue weighted by molar-refractivity contribution is 0.341. The number of rotatable bonds is 5. The summed E-state index contributed by atoms with van der Waals surface area (Å²) in [5.41, 5.74) is 1.87. The molecule has 4 aromatic rings. The van der Waals surface area contributed by atoms with Crippen LogP contribution in [0.4, 0.5) is 0 Å². The number of ether oxygens (including phenoxy) is 1. The number of fused-ring (bicyclic) bond motifs is 3. The summed E-state index contributed by atoms with van der Waals surface area (Å²) in [6.07, 6.45) is 0. The third kappa shape index (κ3) is 2.84. The van der Waals surface area contributed by atoms with E-state index >= 15 is 0 Å². The molecule has 0 radical (unpaired) electrons. The molecule has 26 heavy (non-hydrogen) atoms. The fraction of sp³-hybridized carbons (Fsp3) is 0.211. The van der Waals surface area contributed by atoms with Gasteiger partial charge in [-0.2, -0.15) is 0 Å². The number of hydrogen-bond donors (Lipinski definition) is 0. The van der Waals surface area contributed by atoms with Gasteiger partial charge in [0.15, 0.2) is 5.16 Å². The van der Waals surface area contributed by atoms with Crippen molar-refractivity contribution in [2.45, 2.75) is 12.1 Å². The zero-order valence-electron chi connectivity index (χ0n) is 14.5. The molecule has 7 heteroatoms. The van der Waals surface area contributed by atoms with E-state index in [0.717, 1.165) is 27.7 Å². The van der Waals surface area contributed by atoms with Gasteiger partial charge in [-0.3, -0.25) is 13.8 Å². The van der Waals surface area contributed by atoms with Crippen LogP contribution in [0.3, 0.4) is 0 Å². The molecule has 0 aliphatic carbocycles. The molecule has 0 aliphatic heterocycles. The second-order valence-electron chi connectivity index (χ2n) is 5.96. The number of aryl methyl sites for hydroxylation is 2. The Morgan fingerprint density at radius 3 is 2.69 bits per heavy atom. The van der Waals surface area contributed by atoms with Crippen LogP contribution in [-0.4, -0.2) is 31.5 Å². The van der Waals surface area contributed by atoms with E-state index in [1.807, 2.05) is 59.9 Å². The van der Waals surface area contributed by atoms with Crippen LogP contribution < -0.4 is 10.3 Å². The summed E-state index contributed by atoms with van der Waals surface area (Å²) in [5, 5.41) is 9.87. The highest BCUT2D eigenvalue weighted by Crippen LogP contribution is 2.22. The van der Waals surface area contributed by atoms with E-state index in [2.05, 4.69) is 10.2 Å². The maximum Gasteiger partial charge on any atom is 0.262 e. The highest BCUT2D eigenvalue weighted by atomic mass is 32.2. The highest BCUT2D eigenvalue weighted by Gasteiger charge is 2.14. The summed E-state index contributed by atoms with van der Waals surface area (Å²) in [6.45, 7) is 2.59. The Morgan fingerprint density at radius 1 is 1.08 bits per heavy atom. The molecule has 0 amide bonds. The summed E-state index contributed by atoms with van der Waals surface area (Å²) in [5.74, 6) is 2.16. The minimum atomic E-state index is -0.0695. The van der Waals surface area contributed by atoms with Gasteiger partial charge in [-0.05, 0) is 30.7 Å². The zero-order chi connectivity index (χ0) is 18.1. The van der Waals surface area contributed by atoms with Crippen molar-refractivity contribution in [1.29, 1.82) is 0 Å². The number of para-hydroxylation sites is 2. The summed E-state index contributed by atoms with van der Waals surface area (Å²) < 4.78 is 9.30. The lowest BCUT2D eigenvalue weighted by Crippen LogP contribution is -2.20. The Kier molecular flexibility index (Phi) is 4.38. The van der Waals surface area contributed by atoms with Gasteiger partial charge in [0.2, 0.25) is 5.78 Å². The molecule has 0 saturated heterocycles. The Labute approximate surface area is 154 Å². The molecule has 2 aromatic heterocycles. The fourth-order valence-corrected chi connectivity index (χ4v) is 3.66. The van der Waals surface area contributed by atoms with Crippen LogP contribution in [0, 0.1) is 6.92 Å². The molecule has 4 rings (SSSR count). The van der Waals surface area contributed by atoms with Crippen LogP contribution in [0.25, 0.3) is 16.7 Å². The molecular formula is C19H18N4O2S. The van der Waals surface area contributed by atoms with Crippen molar-refractivity contribution in [3.63, 3.8) is 0 Å². The Balaban J connectivity index is 1.60. The lowest BCUT2D eigenvalue weighted by Gasteiger charge is -2.09. The monoisotopic (exact) mass is 366 g/mol. The molecular weight excluding hydrogens is 348 g/mol. The molecule has 132 valence electrons. The van der Waals surface area contributed by atoms with E-state index in [4.69, 9.17) is 4.74 Å². The zero-order valence-corrected chi connectivity index (χ0v) is 15.4. The molecule has 0 atom stereocenters. The van der Waals surface area contributed by atoms with Gasteiger partial charge in [-0.1, -0.05) is 42.1 Å². The standard InChI is InChI=1S/C19H18N4O2S/c1-13-7-3-6-10-16(13)25-11-12-26-19-21-20-18-22(2)17(24)14-8-4-5-9-15(14)23(18)19/h3-10H,11-12H2,1-2H3. The van der Waals surface area contributed by atoms with Crippen LogP contribution in [0.15, 0.2) is 58.5 Å². The molecule has 2 heterocycles. The number of benzene rings is 2. The maximum absolute atomic E-state index is 12.5. The van der Waals surface area contributed by atoms with E-state index in [1.165, 1.54) is 4.57 Å². The van der Waals surface area contributed by atoms with Crippen molar-refractivity contribution in [2.24, 2.45) is 7.05 Å². The van der Waals surface area contributed by atoms with Crippen molar-refractivity contribution >= 4 is 28.4 Å². The first-order valence-electron chi connectivity index (χ1n) is 8.31. The molecule has 0 aliphatic rings. The topological polar surface area (TPSA) is 61.4 Å². The quantitative estimate of drug-likeness (QED) is 0.401. The summed E-state index contributed by atoms with van der Waals surface area (Å²) in [7, 11) is 1.72. The third-order valence-electron chi connectivity index (χ3n) is 4.26. The van der Waals surface area contributed by atoms with Crippen molar-refractivity contribution in [3.8, 4) is 5.75 Å². The van der Waals surface area contributed by atoms with Crippen molar-refractivity contribution in [3.05, 3.63) is 64.4 Å². The lowest BCUT2D eigenvalue weighted by atomic mass is 10.2. The number of aromatic nitrogens is 4. The van der Waals surface area contributed by atoms with E-state index in [-0.39, 0.29) is 5.56 Å². The molecule has 2 aromatic carbocycles. The van der Waals surface area contributed by atoms with Gasteiger partial charge in [0.1, 0.15) is 5.75 Å². The fourth-order valence-electron chi connectivity index (χ4n) is 2.91. The predicted molar refractivity (Wildman–Crippen MR) is 103 cm³/mol. The smallest absolute Gasteiger partial charge is 0.262 e. The Morgan fingerprint density at radius 2 is 1.85 bits per heavy atom. The molecule has 0 saturated carbocycles. The predicted octanol–water partition coefficient (Wildman–Crippen LogP) is 3.06. The molecule has 0 bridgehead atoms. The van der Waals surface area contributed by atoms with Gasteiger partial charge < -0.3 is 4.74 Å². The molecule has 0 N–H and O–H groups in total. The third-order valence-corrected chi connectivity index (χ3v) is 5.16. The van der Waals surface area contributed by atoms with E-state index in [9.17, 15) is 4.79 Å². The minimum absolute atomic E-state index is 0.0695. The second kappa shape index (κ2) is 6.84. The van der Waals surface area contributed by atoms with Crippen LogP contribution >= 0.6 is 11.8 Å². The van der Waals surface area contributed by atoms with Crippen LogP contribution in [0.2, 0.25) is 0 Å². The Bertz CT molecular complexity index is 1150. The number of nitrogens with zero attached hydrogens (tertiary/aromatic N) is 4. The first-order valence-corrected chi connectivity index (χ1v) is 9.29. The average molecular weight is 366 g/mol. The maximum atomic E-state index is 12.5. The SMILES string of the molecule is Cc1ccccc1OCCSc1nnc2n(C)c(=O)c3ccccc3n12. The highest BCUT2D eigenvalue weighted by molar-refractivity contribution is 7.99. The van der Waals surface area contributed by atoms with Gasteiger partial charge >= 0.3 is 0 Å². The minimum Gasteiger partial charge on any atom is -0.492 e. The van der Waals surface area contributed by atoms with Crippen molar-refractivity contribution < 1.29 is 4.74 Å². The normalized spacial score (nSPS) is 11.3. The van der Waals surface area contributed by atoms with Crippen LogP contribution in [0.5, 0.6) is 5.75 Å². The molecule has 0 fully saturated rings. The van der Waals surface area contributed by atoms with Gasteiger partial charge in [0.25, 0.3) is 5.56 Å². The number of thioether (sulfide) groups is 1. The van der Waals surface area contributed by atoms with E-state index in [1.54, 1.807) is 18.8 Å². The van der Waals surface area contributed by atoms with Crippen LogP contribution in [0.1, 0.15) is 5.56 Å². The first-order chi connectivity index (χ1) is 12.7. The van der Waals surface area contributed by atoms with Gasteiger partial charge in [0.05, 0.1) is 17.5 Å². The van der Waals surface area contributed by atoms with Crippen molar-refractivity contribution in [2.75, 3.05) is 12.4 Å². The van der Waals surface area contributed by atoms with Gasteiger partial charge in [-0.25, -0.2) is 0 Å². The average Bonchev–Trinajstić information content (AvgIpc) is 3.09. The van der Waals surface area contributed by atoms with E-state index in [0.29, 0.717) is 17.8 Å². The van der Waals surface area contributed by atoms with Crippen molar-refractivity contribution in [1.82, 2.24) is 19.2 Å². The van der Waals surface area contributed by atoms with E-state index < -0.39 is 0 Å². The van der Waals surface area contributed by atoms with Gasteiger partial charge in [-0.15, -0.1) is 10.2 Å².